The molecule has 1 N–H and O–H groups in total. The number of aliphatic hydroxyl groups is 1. The van der Waals surface area contributed by atoms with E-state index in [-0.39, 0.29) is 5.82 Å². The molecule has 0 aliphatic carbocycles. The number of hydrogen-bond donors (Lipinski definition) is 1. The lowest BCUT2D eigenvalue weighted by atomic mass is 10.1. The average Bonchev–Trinajstić information content (AvgIpc) is 2.42. The van der Waals surface area contributed by atoms with Crippen molar-refractivity contribution in [1.82, 2.24) is 9.80 Å². The third-order valence-corrected chi connectivity index (χ3v) is 3.64. The second kappa shape index (κ2) is 6.52. The number of benzene rings is 1. The fourth-order valence-corrected chi connectivity index (χ4v) is 2.66. The van der Waals surface area contributed by atoms with Gasteiger partial charge in [-0.25, -0.2) is 4.39 Å². The Labute approximate surface area is 125 Å². The number of hydrogen-bond acceptors (Lipinski definition) is 4. The largest absolute Gasteiger partial charge is 0.389 e. The molecule has 5 heteroatoms. The van der Waals surface area contributed by atoms with Crippen molar-refractivity contribution in [3.05, 3.63) is 35.1 Å². The fourth-order valence-electron chi connectivity index (χ4n) is 2.66. The van der Waals surface area contributed by atoms with Crippen LogP contribution in [0.3, 0.4) is 0 Å². The first-order valence-corrected chi connectivity index (χ1v) is 7.23. The van der Waals surface area contributed by atoms with E-state index in [1.807, 2.05) is 19.9 Å². The Morgan fingerprint density at radius 2 is 1.86 bits per heavy atom. The summed E-state index contributed by atoms with van der Waals surface area (Å²) in [5.41, 5.74) is 0.382. The zero-order valence-electron chi connectivity index (χ0n) is 12.6. The second-order valence-corrected chi connectivity index (χ2v) is 6.28. The third kappa shape index (κ3) is 4.78. The van der Waals surface area contributed by atoms with E-state index >= 15 is 0 Å². The highest BCUT2D eigenvalue weighted by atomic mass is 19.1. The number of nitriles is 1. The monoisotopic (exact) mass is 291 g/mol. The quantitative estimate of drug-likeness (QED) is 0.915. The molecule has 0 aromatic heterocycles. The van der Waals surface area contributed by atoms with Gasteiger partial charge in [-0.3, -0.25) is 9.80 Å². The molecular weight excluding hydrogens is 269 g/mol. The van der Waals surface area contributed by atoms with Crippen molar-refractivity contribution in [1.29, 1.82) is 5.26 Å². The molecule has 1 aromatic carbocycles. The maximum absolute atomic E-state index is 13.8. The van der Waals surface area contributed by atoms with Crippen molar-refractivity contribution in [3.8, 4) is 6.07 Å². The normalized spacial score (nSPS) is 17.7. The van der Waals surface area contributed by atoms with E-state index in [1.165, 1.54) is 12.1 Å². The maximum atomic E-state index is 13.8. The first-order valence-electron chi connectivity index (χ1n) is 7.23. The van der Waals surface area contributed by atoms with Crippen molar-refractivity contribution < 1.29 is 9.50 Å². The molecule has 21 heavy (non-hydrogen) atoms. The van der Waals surface area contributed by atoms with Crippen LogP contribution in [0.15, 0.2) is 18.2 Å². The molecule has 0 radical (unpaired) electrons. The van der Waals surface area contributed by atoms with Crippen LogP contribution in [0.25, 0.3) is 0 Å². The van der Waals surface area contributed by atoms with Crippen LogP contribution in [0, 0.1) is 17.1 Å². The van der Waals surface area contributed by atoms with Crippen molar-refractivity contribution in [3.63, 3.8) is 0 Å². The molecule has 2 rings (SSSR count). The van der Waals surface area contributed by atoms with Gasteiger partial charge in [0.05, 0.1) is 17.2 Å². The van der Waals surface area contributed by atoms with Crippen molar-refractivity contribution >= 4 is 0 Å². The first kappa shape index (κ1) is 15.9. The average molecular weight is 291 g/mol. The summed E-state index contributed by atoms with van der Waals surface area (Å²) < 4.78 is 13.8. The Balaban J connectivity index is 1.91. The molecule has 1 aliphatic rings. The van der Waals surface area contributed by atoms with Gasteiger partial charge >= 0.3 is 0 Å². The van der Waals surface area contributed by atoms with Crippen LogP contribution in [0.5, 0.6) is 0 Å². The predicted octanol–water partition coefficient (Wildman–Crippen LogP) is 1.59. The Hall–Kier alpha value is -1.48. The molecule has 4 nitrogen and oxygen atoms in total. The summed E-state index contributed by atoms with van der Waals surface area (Å²) in [5.74, 6) is -0.257. The lowest BCUT2D eigenvalue weighted by Crippen LogP contribution is -2.50. The molecule has 114 valence electrons. The molecule has 1 saturated heterocycles. The molecule has 0 saturated carbocycles. The van der Waals surface area contributed by atoms with Crippen LogP contribution >= 0.6 is 0 Å². The van der Waals surface area contributed by atoms with Crippen LogP contribution in [0.2, 0.25) is 0 Å². The van der Waals surface area contributed by atoms with E-state index in [0.29, 0.717) is 24.2 Å². The van der Waals surface area contributed by atoms with Gasteiger partial charge in [0, 0.05) is 44.8 Å². The summed E-state index contributed by atoms with van der Waals surface area (Å²) >= 11 is 0. The molecule has 1 aliphatic heterocycles. The Kier molecular flexibility index (Phi) is 4.94. The highest BCUT2D eigenvalue weighted by molar-refractivity contribution is 5.33. The summed E-state index contributed by atoms with van der Waals surface area (Å²) in [6.07, 6.45) is 0. The van der Waals surface area contributed by atoms with Gasteiger partial charge in [0.25, 0.3) is 0 Å². The van der Waals surface area contributed by atoms with Crippen LogP contribution < -0.4 is 0 Å². The first-order chi connectivity index (χ1) is 9.87. The molecule has 1 aromatic rings. The van der Waals surface area contributed by atoms with E-state index in [0.717, 1.165) is 26.2 Å². The van der Waals surface area contributed by atoms with E-state index in [2.05, 4.69) is 9.80 Å². The molecule has 1 fully saturated rings. The van der Waals surface area contributed by atoms with Crippen LogP contribution in [-0.2, 0) is 6.54 Å². The lowest BCUT2D eigenvalue weighted by molar-refractivity contribution is 0.0165. The molecule has 0 unspecified atom stereocenters. The minimum absolute atomic E-state index is 0.257. The summed E-state index contributed by atoms with van der Waals surface area (Å²) in [4.78, 5) is 4.40. The smallest absolute Gasteiger partial charge is 0.127 e. The summed E-state index contributed by atoms with van der Waals surface area (Å²) in [7, 11) is 0. The van der Waals surface area contributed by atoms with Gasteiger partial charge in [0.2, 0.25) is 0 Å². The molecule has 0 spiro atoms. The van der Waals surface area contributed by atoms with E-state index < -0.39 is 5.60 Å². The van der Waals surface area contributed by atoms with Gasteiger partial charge in [0.15, 0.2) is 0 Å². The topological polar surface area (TPSA) is 50.5 Å². The fraction of sp³-hybridized carbons (Fsp3) is 0.562. The highest BCUT2D eigenvalue weighted by Gasteiger charge is 2.23. The minimum Gasteiger partial charge on any atom is -0.389 e. The molecule has 0 amide bonds. The summed E-state index contributed by atoms with van der Waals surface area (Å²) in [6, 6.07) is 6.53. The predicted molar refractivity (Wildman–Crippen MR) is 79.1 cm³/mol. The van der Waals surface area contributed by atoms with Gasteiger partial charge in [-0.1, -0.05) is 0 Å². The lowest BCUT2D eigenvalue weighted by Gasteiger charge is -2.37. The Morgan fingerprint density at radius 3 is 2.43 bits per heavy atom. The SMILES string of the molecule is CC(C)(O)CN1CCN(Cc2cc(C#N)ccc2F)CC1. The Bertz CT molecular complexity index is 525. The minimum atomic E-state index is -0.685. The van der Waals surface area contributed by atoms with Crippen LogP contribution in [0.1, 0.15) is 25.0 Å². The summed E-state index contributed by atoms with van der Waals surface area (Å²) in [5, 5.41) is 18.7. The standard InChI is InChI=1S/C16H22FN3O/c1-16(2,21)12-20-7-5-19(6-8-20)11-14-9-13(10-18)3-4-15(14)17/h3-4,9,21H,5-8,11-12H2,1-2H3. The van der Waals surface area contributed by atoms with Crippen LogP contribution in [-0.4, -0.2) is 53.2 Å². The molecular formula is C16H22FN3O. The number of piperazine rings is 1. The van der Waals surface area contributed by atoms with Crippen molar-refractivity contribution in [2.45, 2.75) is 26.0 Å². The third-order valence-electron chi connectivity index (χ3n) is 3.64. The molecule has 0 bridgehead atoms. The van der Waals surface area contributed by atoms with Crippen molar-refractivity contribution in [2.24, 2.45) is 0 Å². The van der Waals surface area contributed by atoms with Gasteiger partial charge in [-0.15, -0.1) is 0 Å². The van der Waals surface area contributed by atoms with E-state index in [9.17, 15) is 9.50 Å². The van der Waals surface area contributed by atoms with Gasteiger partial charge in [-0.2, -0.15) is 5.26 Å². The van der Waals surface area contributed by atoms with E-state index in [4.69, 9.17) is 5.26 Å². The van der Waals surface area contributed by atoms with Crippen molar-refractivity contribution in [2.75, 3.05) is 32.7 Å². The number of rotatable bonds is 4. The van der Waals surface area contributed by atoms with Crippen LogP contribution in [0.4, 0.5) is 4.39 Å². The van der Waals surface area contributed by atoms with E-state index in [1.54, 1.807) is 6.07 Å². The highest BCUT2D eigenvalue weighted by Crippen LogP contribution is 2.15. The second-order valence-electron chi connectivity index (χ2n) is 6.28. The van der Waals surface area contributed by atoms with Gasteiger partial charge in [-0.05, 0) is 32.0 Å². The van der Waals surface area contributed by atoms with Gasteiger partial charge < -0.3 is 5.11 Å². The zero-order chi connectivity index (χ0) is 15.5. The number of nitrogens with zero attached hydrogens (tertiary/aromatic N) is 3. The molecule has 0 atom stereocenters. The molecule has 1 heterocycles. The zero-order valence-corrected chi connectivity index (χ0v) is 12.6. The number of β-amino-alcohol motifs (C(OH)–C–C–N with tert-alkyl or cyclic N) is 1. The Morgan fingerprint density at radius 1 is 1.24 bits per heavy atom. The number of halogens is 1. The van der Waals surface area contributed by atoms with Gasteiger partial charge in [0.1, 0.15) is 5.82 Å². The maximum Gasteiger partial charge on any atom is 0.127 e. The summed E-state index contributed by atoms with van der Waals surface area (Å²) in [6.45, 7) is 8.20.